The molecule has 20 heavy (non-hydrogen) atoms. The van der Waals surface area contributed by atoms with E-state index in [1.54, 1.807) is 29.0 Å². The molecule has 0 aliphatic carbocycles. The third-order valence-corrected chi connectivity index (χ3v) is 2.96. The zero-order valence-electron chi connectivity index (χ0n) is 11.0. The van der Waals surface area contributed by atoms with Gasteiger partial charge in [-0.25, -0.2) is 0 Å². The predicted molar refractivity (Wildman–Crippen MR) is 75.5 cm³/mol. The number of nitro benzene ring substituents is 1. The maximum atomic E-state index is 11.1. The third-order valence-electron chi connectivity index (χ3n) is 2.96. The summed E-state index contributed by atoms with van der Waals surface area (Å²) in [4.78, 5) is 10.7. The predicted octanol–water partition coefficient (Wildman–Crippen LogP) is 2.75. The smallest absolute Gasteiger partial charge is 0.292 e. The summed E-state index contributed by atoms with van der Waals surface area (Å²) >= 11 is 0. The van der Waals surface area contributed by atoms with Crippen LogP contribution >= 0.6 is 0 Å². The van der Waals surface area contributed by atoms with Crippen molar-refractivity contribution in [3.05, 3.63) is 57.9 Å². The standard InChI is InChI=1S/C14H14N4O2/c1-2-16-14-11(5-3-7-13(14)18(19)20)10-17-8-4-6-12(17)9-15/h3-8,16H,2,10H2,1H3. The van der Waals surface area contributed by atoms with Crippen LogP contribution in [0.15, 0.2) is 36.5 Å². The fourth-order valence-corrected chi connectivity index (χ4v) is 2.09. The molecule has 1 aromatic carbocycles. The average molecular weight is 270 g/mol. The first-order valence-electron chi connectivity index (χ1n) is 6.22. The Morgan fingerprint density at radius 2 is 2.20 bits per heavy atom. The molecule has 0 spiro atoms. The quantitative estimate of drug-likeness (QED) is 0.668. The van der Waals surface area contributed by atoms with Crippen LogP contribution in [0.2, 0.25) is 0 Å². The number of nitrogens with zero attached hydrogens (tertiary/aromatic N) is 3. The second-order valence-corrected chi connectivity index (χ2v) is 4.23. The van der Waals surface area contributed by atoms with Crippen molar-refractivity contribution < 1.29 is 4.92 Å². The Hall–Kier alpha value is -2.81. The molecule has 0 aliphatic heterocycles. The Bertz CT molecular complexity index is 670. The van der Waals surface area contributed by atoms with E-state index in [0.29, 0.717) is 24.5 Å². The molecular weight excluding hydrogens is 256 g/mol. The molecule has 6 heteroatoms. The zero-order chi connectivity index (χ0) is 14.5. The van der Waals surface area contributed by atoms with Gasteiger partial charge in [0.2, 0.25) is 0 Å². The van der Waals surface area contributed by atoms with Crippen molar-refractivity contribution in [1.82, 2.24) is 4.57 Å². The molecule has 2 aromatic rings. The topological polar surface area (TPSA) is 83.9 Å². The maximum Gasteiger partial charge on any atom is 0.292 e. The van der Waals surface area contributed by atoms with Crippen molar-refractivity contribution >= 4 is 11.4 Å². The number of hydrogen-bond acceptors (Lipinski definition) is 4. The van der Waals surface area contributed by atoms with Crippen molar-refractivity contribution in [2.75, 3.05) is 11.9 Å². The lowest BCUT2D eigenvalue weighted by Crippen LogP contribution is -2.08. The molecule has 0 unspecified atom stereocenters. The fraction of sp³-hybridized carbons (Fsp3) is 0.214. The van der Waals surface area contributed by atoms with Gasteiger partial charge >= 0.3 is 0 Å². The summed E-state index contributed by atoms with van der Waals surface area (Å²) in [5.74, 6) is 0. The van der Waals surface area contributed by atoms with Crippen LogP contribution in [0.1, 0.15) is 18.2 Å². The maximum absolute atomic E-state index is 11.1. The van der Waals surface area contributed by atoms with Crippen molar-refractivity contribution in [2.45, 2.75) is 13.5 Å². The van der Waals surface area contributed by atoms with Gasteiger partial charge in [-0.3, -0.25) is 10.1 Å². The van der Waals surface area contributed by atoms with Gasteiger partial charge in [-0.15, -0.1) is 0 Å². The number of nitro groups is 1. The minimum Gasteiger partial charge on any atom is -0.379 e. The van der Waals surface area contributed by atoms with Gasteiger partial charge in [0.15, 0.2) is 0 Å². The van der Waals surface area contributed by atoms with E-state index in [1.807, 2.05) is 13.0 Å². The highest BCUT2D eigenvalue weighted by molar-refractivity contribution is 5.66. The molecule has 1 heterocycles. The number of benzene rings is 1. The number of para-hydroxylation sites is 1. The first-order chi connectivity index (χ1) is 9.67. The van der Waals surface area contributed by atoms with Crippen LogP contribution in [0.4, 0.5) is 11.4 Å². The molecule has 1 N–H and O–H groups in total. The Morgan fingerprint density at radius 3 is 2.85 bits per heavy atom. The van der Waals surface area contributed by atoms with Crippen molar-refractivity contribution in [1.29, 1.82) is 5.26 Å². The molecule has 2 rings (SSSR count). The van der Waals surface area contributed by atoms with Gasteiger partial charge in [-0.2, -0.15) is 5.26 Å². The normalized spacial score (nSPS) is 10.0. The summed E-state index contributed by atoms with van der Waals surface area (Å²) in [5, 5.41) is 23.1. The highest BCUT2D eigenvalue weighted by Crippen LogP contribution is 2.29. The van der Waals surface area contributed by atoms with Crippen LogP contribution in [0, 0.1) is 21.4 Å². The van der Waals surface area contributed by atoms with Crippen LogP contribution in [0.3, 0.4) is 0 Å². The second kappa shape index (κ2) is 5.89. The Balaban J connectivity index is 2.44. The van der Waals surface area contributed by atoms with Crippen molar-refractivity contribution in [3.8, 4) is 6.07 Å². The van der Waals surface area contributed by atoms with E-state index in [4.69, 9.17) is 5.26 Å². The molecule has 102 valence electrons. The van der Waals surface area contributed by atoms with Crippen LogP contribution in [-0.4, -0.2) is 16.0 Å². The summed E-state index contributed by atoms with van der Waals surface area (Å²) in [6, 6.07) is 10.5. The summed E-state index contributed by atoms with van der Waals surface area (Å²) in [5.41, 5.74) is 1.88. The molecule has 0 saturated carbocycles. The summed E-state index contributed by atoms with van der Waals surface area (Å²) < 4.78 is 1.76. The minimum atomic E-state index is -0.400. The molecule has 0 bridgehead atoms. The first-order valence-corrected chi connectivity index (χ1v) is 6.22. The number of nitriles is 1. The molecule has 0 atom stereocenters. The van der Waals surface area contributed by atoms with Crippen LogP contribution < -0.4 is 5.32 Å². The van der Waals surface area contributed by atoms with E-state index in [1.165, 1.54) is 6.07 Å². The number of nitrogens with one attached hydrogen (secondary N) is 1. The van der Waals surface area contributed by atoms with Gasteiger partial charge < -0.3 is 9.88 Å². The van der Waals surface area contributed by atoms with E-state index in [0.717, 1.165) is 5.56 Å². The van der Waals surface area contributed by atoms with Crippen LogP contribution in [0.5, 0.6) is 0 Å². The SMILES string of the molecule is CCNc1c(Cn2cccc2C#N)cccc1[N+](=O)[O-]. The lowest BCUT2D eigenvalue weighted by atomic mass is 10.1. The van der Waals surface area contributed by atoms with Crippen molar-refractivity contribution in [2.24, 2.45) is 0 Å². The first kappa shape index (κ1) is 13.6. The van der Waals surface area contributed by atoms with Gasteiger partial charge in [0.25, 0.3) is 5.69 Å². The lowest BCUT2D eigenvalue weighted by molar-refractivity contribution is -0.384. The van der Waals surface area contributed by atoms with E-state index >= 15 is 0 Å². The zero-order valence-corrected chi connectivity index (χ0v) is 11.0. The van der Waals surface area contributed by atoms with Crippen molar-refractivity contribution in [3.63, 3.8) is 0 Å². The molecule has 0 amide bonds. The monoisotopic (exact) mass is 270 g/mol. The van der Waals surface area contributed by atoms with Gasteiger partial charge in [0, 0.05) is 24.4 Å². The molecule has 0 radical (unpaired) electrons. The summed E-state index contributed by atoms with van der Waals surface area (Å²) in [7, 11) is 0. The average Bonchev–Trinajstić information content (AvgIpc) is 2.88. The van der Waals surface area contributed by atoms with E-state index < -0.39 is 4.92 Å². The number of hydrogen-bond donors (Lipinski definition) is 1. The number of aromatic nitrogens is 1. The molecule has 6 nitrogen and oxygen atoms in total. The third kappa shape index (κ3) is 2.62. The van der Waals surface area contributed by atoms with Gasteiger partial charge in [0.05, 0.1) is 11.5 Å². The van der Waals surface area contributed by atoms with Crippen LogP contribution in [0.25, 0.3) is 0 Å². The minimum absolute atomic E-state index is 0.0509. The molecular formula is C14H14N4O2. The molecule has 0 fully saturated rings. The molecule has 0 saturated heterocycles. The highest BCUT2D eigenvalue weighted by Gasteiger charge is 2.17. The summed E-state index contributed by atoms with van der Waals surface area (Å²) in [6.45, 7) is 2.89. The van der Waals surface area contributed by atoms with Gasteiger partial charge in [-0.05, 0) is 19.1 Å². The highest BCUT2D eigenvalue weighted by atomic mass is 16.6. The number of anilines is 1. The summed E-state index contributed by atoms with van der Waals surface area (Å²) in [6.07, 6.45) is 1.78. The largest absolute Gasteiger partial charge is 0.379 e. The molecule has 0 aliphatic rings. The lowest BCUT2D eigenvalue weighted by Gasteiger charge is -2.12. The van der Waals surface area contributed by atoms with E-state index in [2.05, 4.69) is 11.4 Å². The fourth-order valence-electron chi connectivity index (χ4n) is 2.09. The van der Waals surface area contributed by atoms with E-state index in [-0.39, 0.29) is 5.69 Å². The van der Waals surface area contributed by atoms with Gasteiger partial charge in [-0.1, -0.05) is 12.1 Å². The van der Waals surface area contributed by atoms with Crippen LogP contribution in [-0.2, 0) is 6.54 Å². The molecule has 1 aromatic heterocycles. The number of rotatable bonds is 5. The Kier molecular flexibility index (Phi) is 4.01. The van der Waals surface area contributed by atoms with E-state index in [9.17, 15) is 10.1 Å². The Morgan fingerprint density at radius 1 is 1.40 bits per heavy atom. The van der Waals surface area contributed by atoms with Gasteiger partial charge in [0.1, 0.15) is 17.5 Å². The second-order valence-electron chi connectivity index (χ2n) is 4.23. The Labute approximate surface area is 116 Å².